The van der Waals surface area contributed by atoms with Crippen LogP contribution >= 0.6 is 0 Å². The summed E-state index contributed by atoms with van der Waals surface area (Å²) < 4.78 is 29.6. The molecule has 1 unspecified atom stereocenters. The maximum absolute atomic E-state index is 6.36. The standard InChI is InChI=1S/C16H38N2O5Si/c1-7-20-16(12-10-14-17,13-11-15-18(4)5)23-24(19-6,21-8-2)22-9-3/h7-15,17H2,1-6H3. The summed E-state index contributed by atoms with van der Waals surface area (Å²) in [5.41, 5.74) is 5.72. The van der Waals surface area contributed by atoms with Crippen molar-refractivity contribution in [3.05, 3.63) is 0 Å². The number of rotatable bonds is 16. The van der Waals surface area contributed by atoms with Gasteiger partial charge in [-0.25, -0.2) is 0 Å². The first-order chi connectivity index (χ1) is 11.4. The number of hydrogen-bond donors (Lipinski definition) is 1. The summed E-state index contributed by atoms with van der Waals surface area (Å²) in [4.78, 5) is 2.14. The van der Waals surface area contributed by atoms with Crippen LogP contribution in [0.3, 0.4) is 0 Å². The Bertz CT molecular complexity index is 304. The molecule has 7 nitrogen and oxygen atoms in total. The van der Waals surface area contributed by atoms with E-state index in [1.807, 2.05) is 20.8 Å². The molecule has 0 aliphatic heterocycles. The molecular formula is C16H38N2O5Si. The highest BCUT2D eigenvalue weighted by atomic mass is 28.4. The van der Waals surface area contributed by atoms with Gasteiger partial charge in [0.1, 0.15) is 0 Å². The van der Waals surface area contributed by atoms with Crippen LogP contribution in [0.1, 0.15) is 46.5 Å². The van der Waals surface area contributed by atoms with Crippen molar-refractivity contribution in [1.29, 1.82) is 0 Å². The molecule has 0 heterocycles. The SMILES string of the molecule is CCOC(CCCN)(CCCN(C)C)O[Si](OC)(OCC)OCC. The van der Waals surface area contributed by atoms with Crippen LogP contribution in [0.25, 0.3) is 0 Å². The number of nitrogens with zero attached hydrogens (tertiary/aromatic N) is 1. The fourth-order valence-corrected chi connectivity index (χ4v) is 4.49. The van der Waals surface area contributed by atoms with Gasteiger partial charge in [-0.15, -0.1) is 0 Å². The summed E-state index contributed by atoms with van der Waals surface area (Å²) in [6.07, 6.45) is 3.15. The van der Waals surface area contributed by atoms with E-state index in [0.29, 0.717) is 32.8 Å². The van der Waals surface area contributed by atoms with Gasteiger partial charge in [0.05, 0.1) is 0 Å². The number of nitrogens with two attached hydrogens (primary N) is 1. The van der Waals surface area contributed by atoms with Crippen molar-refractivity contribution >= 4 is 9.05 Å². The van der Waals surface area contributed by atoms with Gasteiger partial charge in [0, 0.05) is 39.8 Å². The van der Waals surface area contributed by atoms with Gasteiger partial charge in [-0.2, -0.15) is 0 Å². The second kappa shape index (κ2) is 13.2. The molecule has 0 aliphatic carbocycles. The van der Waals surface area contributed by atoms with E-state index in [1.54, 1.807) is 7.11 Å². The Balaban J connectivity index is 5.33. The summed E-state index contributed by atoms with van der Waals surface area (Å²) in [5.74, 6) is -0.795. The fraction of sp³-hybridized carbons (Fsp3) is 1.00. The highest BCUT2D eigenvalue weighted by molar-refractivity contribution is 6.53. The van der Waals surface area contributed by atoms with E-state index in [9.17, 15) is 0 Å². The van der Waals surface area contributed by atoms with E-state index < -0.39 is 14.8 Å². The molecule has 0 aromatic heterocycles. The van der Waals surface area contributed by atoms with Gasteiger partial charge in [-0.3, -0.25) is 0 Å². The fourth-order valence-electron chi connectivity index (χ4n) is 2.54. The van der Waals surface area contributed by atoms with Crippen LogP contribution in [0.5, 0.6) is 0 Å². The lowest BCUT2D eigenvalue weighted by molar-refractivity contribution is -0.233. The topological polar surface area (TPSA) is 75.4 Å². The Labute approximate surface area is 149 Å². The van der Waals surface area contributed by atoms with Gasteiger partial charge in [-0.1, -0.05) is 0 Å². The molecule has 0 spiro atoms. The Kier molecular flexibility index (Phi) is 13.1. The third-order valence-corrected chi connectivity index (χ3v) is 5.94. The highest BCUT2D eigenvalue weighted by Crippen LogP contribution is 2.31. The minimum Gasteiger partial charge on any atom is -0.355 e. The minimum absolute atomic E-state index is 0.455. The van der Waals surface area contributed by atoms with Gasteiger partial charge in [0.2, 0.25) is 0 Å². The third kappa shape index (κ3) is 8.86. The lowest BCUT2D eigenvalue weighted by atomic mass is 10.0. The molecule has 146 valence electrons. The molecule has 1 atom stereocenters. The van der Waals surface area contributed by atoms with Gasteiger partial charge < -0.3 is 33.1 Å². The molecule has 0 bridgehead atoms. The molecular weight excluding hydrogens is 328 g/mol. The van der Waals surface area contributed by atoms with Crippen molar-refractivity contribution < 1.29 is 22.4 Å². The first-order valence-corrected chi connectivity index (χ1v) is 10.6. The second-order valence-corrected chi connectivity index (χ2v) is 8.00. The summed E-state index contributed by atoms with van der Waals surface area (Å²) in [6, 6.07) is 0. The lowest BCUT2D eigenvalue weighted by Gasteiger charge is -2.39. The summed E-state index contributed by atoms with van der Waals surface area (Å²) in [6.45, 7) is 8.74. The van der Waals surface area contributed by atoms with Gasteiger partial charge in [0.15, 0.2) is 5.79 Å². The molecule has 0 aromatic carbocycles. The normalized spacial score (nSPS) is 15.0. The molecule has 0 aliphatic rings. The largest absolute Gasteiger partial charge is 0.681 e. The van der Waals surface area contributed by atoms with Crippen LogP contribution in [0.15, 0.2) is 0 Å². The molecule has 0 saturated carbocycles. The molecule has 0 fully saturated rings. The molecule has 0 saturated heterocycles. The van der Waals surface area contributed by atoms with E-state index >= 15 is 0 Å². The Morgan fingerprint density at radius 2 is 1.54 bits per heavy atom. The Morgan fingerprint density at radius 1 is 0.958 bits per heavy atom. The van der Waals surface area contributed by atoms with Gasteiger partial charge >= 0.3 is 9.05 Å². The number of ether oxygens (including phenoxy) is 1. The average Bonchev–Trinajstić information content (AvgIpc) is 2.53. The van der Waals surface area contributed by atoms with Crippen molar-refractivity contribution in [2.45, 2.75) is 52.2 Å². The van der Waals surface area contributed by atoms with Crippen LogP contribution in [0, 0.1) is 0 Å². The van der Waals surface area contributed by atoms with Crippen molar-refractivity contribution in [3.63, 3.8) is 0 Å². The van der Waals surface area contributed by atoms with Crippen LogP contribution < -0.4 is 5.73 Å². The molecule has 0 amide bonds. The van der Waals surface area contributed by atoms with Crippen molar-refractivity contribution in [2.24, 2.45) is 5.73 Å². The Hall–Kier alpha value is -0.0631. The van der Waals surface area contributed by atoms with Crippen molar-refractivity contribution in [1.82, 2.24) is 4.90 Å². The molecule has 8 heteroatoms. The first-order valence-electron chi connectivity index (χ1n) is 8.95. The Morgan fingerprint density at radius 3 is 1.96 bits per heavy atom. The minimum atomic E-state index is -3.25. The summed E-state index contributed by atoms with van der Waals surface area (Å²) in [7, 11) is 2.42. The van der Waals surface area contributed by atoms with E-state index in [4.69, 9.17) is 28.2 Å². The predicted octanol–water partition coefficient (Wildman–Crippen LogP) is 1.97. The van der Waals surface area contributed by atoms with Gasteiger partial charge in [0.25, 0.3) is 0 Å². The van der Waals surface area contributed by atoms with Crippen LogP contribution in [-0.4, -0.2) is 73.9 Å². The quantitative estimate of drug-likeness (QED) is 0.331. The summed E-state index contributed by atoms with van der Waals surface area (Å²) in [5, 5.41) is 0. The van der Waals surface area contributed by atoms with E-state index in [1.165, 1.54) is 0 Å². The monoisotopic (exact) mass is 366 g/mol. The smallest absolute Gasteiger partial charge is 0.355 e. The highest BCUT2D eigenvalue weighted by Gasteiger charge is 2.51. The zero-order valence-electron chi connectivity index (χ0n) is 16.4. The molecule has 0 rings (SSSR count). The maximum Gasteiger partial charge on any atom is 0.681 e. The van der Waals surface area contributed by atoms with Crippen molar-refractivity contribution in [3.8, 4) is 0 Å². The zero-order valence-corrected chi connectivity index (χ0v) is 17.4. The molecule has 0 radical (unpaired) electrons. The summed E-state index contributed by atoms with van der Waals surface area (Å²) >= 11 is 0. The first kappa shape index (κ1) is 23.9. The van der Waals surface area contributed by atoms with Crippen LogP contribution in [0.2, 0.25) is 0 Å². The number of hydrogen-bond acceptors (Lipinski definition) is 7. The maximum atomic E-state index is 6.36. The third-order valence-electron chi connectivity index (χ3n) is 3.54. The van der Waals surface area contributed by atoms with Gasteiger partial charge in [-0.05, 0) is 60.8 Å². The van der Waals surface area contributed by atoms with Crippen molar-refractivity contribution in [2.75, 3.05) is 54.1 Å². The second-order valence-electron chi connectivity index (χ2n) is 5.81. The van der Waals surface area contributed by atoms with Crippen LogP contribution in [-0.2, 0) is 22.4 Å². The lowest BCUT2D eigenvalue weighted by Crippen LogP contribution is -2.56. The van der Waals surface area contributed by atoms with E-state index in [2.05, 4.69) is 19.0 Å². The van der Waals surface area contributed by atoms with E-state index in [0.717, 1.165) is 25.8 Å². The van der Waals surface area contributed by atoms with E-state index in [-0.39, 0.29) is 0 Å². The molecule has 2 N–H and O–H groups in total. The average molecular weight is 367 g/mol. The zero-order chi connectivity index (χ0) is 18.5. The molecule has 24 heavy (non-hydrogen) atoms. The predicted molar refractivity (Wildman–Crippen MR) is 97.5 cm³/mol. The van der Waals surface area contributed by atoms with Crippen LogP contribution in [0.4, 0.5) is 0 Å². The molecule has 0 aromatic rings.